The molecule has 0 spiro atoms. The van der Waals surface area contributed by atoms with Gasteiger partial charge in [0.1, 0.15) is 5.75 Å². The molecule has 0 aliphatic carbocycles. The number of rotatable bonds is 5. The van der Waals surface area contributed by atoms with Gasteiger partial charge in [0, 0.05) is 35.8 Å². The fourth-order valence-corrected chi connectivity index (χ4v) is 4.99. The van der Waals surface area contributed by atoms with E-state index >= 15 is 0 Å². The van der Waals surface area contributed by atoms with Crippen molar-refractivity contribution >= 4 is 24.5 Å². The van der Waals surface area contributed by atoms with E-state index in [1.807, 2.05) is 31.1 Å². The van der Waals surface area contributed by atoms with E-state index in [-0.39, 0.29) is 7.05 Å². The van der Waals surface area contributed by atoms with E-state index in [4.69, 9.17) is 16.3 Å². The summed E-state index contributed by atoms with van der Waals surface area (Å²) in [5, 5.41) is 19.6. The third-order valence-electron chi connectivity index (χ3n) is 6.20. The van der Waals surface area contributed by atoms with Crippen LogP contribution in [-0.4, -0.2) is 59.4 Å². The molecule has 6 nitrogen and oxygen atoms in total. The predicted octanol–water partition coefficient (Wildman–Crippen LogP) is 3.35. The molecule has 1 aromatic heterocycles. The summed E-state index contributed by atoms with van der Waals surface area (Å²) in [5.74, 6) is 1.55. The smallest absolute Gasteiger partial charge is 0.376 e. The molecule has 28 heavy (non-hydrogen) atoms. The van der Waals surface area contributed by atoms with E-state index in [2.05, 4.69) is 27.0 Å². The van der Waals surface area contributed by atoms with E-state index in [1.165, 1.54) is 12.8 Å². The Morgan fingerprint density at radius 1 is 1.18 bits per heavy atom. The SMILES string of the molecule is COc1cc(Cl)ccc1-c1ccc(N(C)C2C[C@H]3CC[C@@H](C2)N3B(C)O)nn1. The van der Waals surface area contributed by atoms with Crippen molar-refractivity contribution in [2.24, 2.45) is 0 Å². The highest BCUT2D eigenvalue weighted by Gasteiger charge is 2.44. The molecule has 1 unspecified atom stereocenters. The molecule has 8 heteroatoms. The summed E-state index contributed by atoms with van der Waals surface area (Å²) in [5.41, 5.74) is 1.63. The molecule has 3 heterocycles. The maximum atomic E-state index is 10.1. The van der Waals surface area contributed by atoms with Crippen LogP contribution >= 0.6 is 11.6 Å². The number of piperidine rings is 1. The lowest BCUT2D eigenvalue weighted by molar-refractivity contribution is 0.199. The molecule has 2 aromatic rings. The lowest BCUT2D eigenvalue weighted by atomic mass is 9.78. The van der Waals surface area contributed by atoms with E-state index in [0.29, 0.717) is 28.9 Å². The van der Waals surface area contributed by atoms with Gasteiger partial charge in [-0.3, -0.25) is 0 Å². The van der Waals surface area contributed by atoms with Crippen LogP contribution in [-0.2, 0) is 0 Å². The first-order valence-electron chi connectivity index (χ1n) is 9.84. The summed E-state index contributed by atoms with van der Waals surface area (Å²) in [6.07, 6.45) is 4.43. The molecule has 2 aliphatic rings. The van der Waals surface area contributed by atoms with Gasteiger partial charge in [0.2, 0.25) is 0 Å². The number of ether oxygens (including phenoxy) is 1. The van der Waals surface area contributed by atoms with Gasteiger partial charge in [0.15, 0.2) is 5.82 Å². The Balaban J connectivity index is 1.50. The van der Waals surface area contributed by atoms with Gasteiger partial charge >= 0.3 is 7.05 Å². The number of anilines is 1. The Hall–Kier alpha value is -1.83. The Kier molecular flexibility index (Phi) is 5.49. The first-order chi connectivity index (χ1) is 13.5. The average molecular weight is 401 g/mol. The number of hydrogen-bond donors (Lipinski definition) is 1. The largest absolute Gasteiger partial charge is 0.496 e. The molecule has 2 aliphatic heterocycles. The molecule has 0 radical (unpaired) electrons. The van der Waals surface area contributed by atoms with Crippen molar-refractivity contribution in [1.82, 2.24) is 15.0 Å². The molecule has 2 bridgehead atoms. The monoisotopic (exact) mass is 400 g/mol. The number of aromatic nitrogens is 2. The van der Waals surface area contributed by atoms with E-state index < -0.39 is 0 Å². The predicted molar refractivity (Wildman–Crippen MR) is 113 cm³/mol. The minimum Gasteiger partial charge on any atom is -0.496 e. The van der Waals surface area contributed by atoms with E-state index in [9.17, 15) is 5.02 Å². The molecule has 0 amide bonds. The second-order valence-electron chi connectivity index (χ2n) is 7.82. The van der Waals surface area contributed by atoms with E-state index in [0.717, 1.165) is 29.9 Å². The first-order valence-corrected chi connectivity index (χ1v) is 10.2. The standard InChI is InChI=1S/C20H26BClN4O2/c1-21(27)26-14-5-6-15(26)12-16(11-14)25(2)20-9-8-18(23-24-20)17-7-4-13(22)10-19(17)28-3/h4,7-10,14-16,27H,5-6,11-12H2,1-3H3/t14-,15+,16?. The summed E-state index contributed by atoms with van der Waals surface area (Å²) in [4.78, 5) is 4.52. The van der Waals surface area contributed by atoms with Crippen LogP contribution in [0.4, 0.5) is 5.82 Å². The number of fused-ring (bicyclic) bond motifs is 2. The minimum absolute atomic E-state index is 0.364. The zero-order chi connectivity index (χ0) is 19.8. The molecule has 1 N–H and O–H groups in total. The van der Waals surface area contributed by atoms with Crippen LogP contribution in [0.5, 0.6) is 5.75 Å². The Morgan fingerprint density at radius 2 is 1.89 bits per heavy atom. The average Bonchev–Trinajstić information content (AvgIpc) is 2.98. The molecule has 1 aromatic carbocycles. The lowest BCUT2D eigenvalue weighted by Gasteiger charge is -2.43. The molecule has 3 atom stereocenters. The van der Waals surface area contributed by atoms with Crippen LogP contribution in [0, 0.1) is 0 Å². The number of methoxy groups -OCH3 is 1. The number of nitrogens with zero attached hydrogens (tertiary/aromatic N) is 4. The Bertz CT molecular complexity index is 821. The van der Waals surface area contributed by atoms with Gasteiger partial charge in [-0.2, -0.15) is 0 Å². The lowest BCUT2D eigenvalue weighted by Crippen LogP contribution is -2.54. The summed E-state index contributed by atoms with van der Waals surface area (Å²) in [6, 6.07) is 10.8. The normalized spacial score (nSPS) is 24.2. The number of halogens is 1. The molecule has 4 rings (SSSR count). The molecule has 0 saturated carbocycles. The maximum absolute atomic E-state index is 10.1. The van der Waals surface area contributed by atoms with Crippen LogP contribution in [0.1, 0.15) is 25.7 Å². The van der Waals surface area contributed by atoms with Gasteiger partial charge in [-0.05, 0) is 62.8 Å². The Morgan fingerprint density at radius 3 is 2.46 bits per heavy atom. The van der Waals surface area contributed by atoms with Crippen LogP contribution < -0.4 is 9.64 Å². The van der Waals surface area contributed by atoms with Crippen LogP contribution in [0.15, 0.2) is 30.3 Å². The van der Waals surface area contributed by atoms with Gasteiger partial charge in [0.05, 0.1) is 12.8 Å². The molecular formula is C20H26BClN4O2. The fourth-order valence-electron chi connectivity index (χ4n) is 4.83. The van der Waals surface area contributed by atoms with Gasteiger partial charge in [-0.15, -0.1) is 10.2 Å². The van der Waals surface area contributed by atoms with Gasteiger partial charge < -0.3 is 19.5 Å². The van der Waals surface area contributed by atoms with Crippen molar-refractivity contribution in [3.63, 3.8) is 0 Å². The quantitative estimate of drug-likeness (QED) is 0.777. The van der Waals surface area contributed by atoms with Crippen molar-refractivity contribution in [2.75, 3.05) is 19.1 Å². The van der Waals surface area contributed by atoms with Crippen molar-refractivity contribution in [3.8, 4) is 17.0 Å². The van der Waals surface area contributed by atoms with Crippen LogP contribution in [0.25, 0.3) is 11.3 Å². The number of benzene rings is 1. The van der Waals surface area contributed by atoms with Crippen LogP contribution in [0.2, 0.25) is 11.8 Å². The zero-order valence-corrected chi connectivity index (χ0v) is 17.3. The Labute approximate surface area is 171 Å². The summed E-state index contributed by atoms with van der Waals surface area (Å²) in [6.45, 7) is 1.88. The fraction of sp³-hybridized carbons (Fsp3) is 0.500. The van der Waals surface area contributed by atoms with Crippen LogP contribution in [0.3, 0.4) is 0 Å². The second-order valence-corrected chi connectivity index (χ2v) is 8.26. The number of hydrogen-bond acceptors (Lipinski definition) is 6. The maximum Gasteiger partial charge on any atom is 0.376 e. The van der Waals surface area contributed by atoms with Crippen molar-refractivity contribution in [2.45, 2.75) is 50.6 Å². The zero-order valence-electron chi connectivity index (χ0n) is 16.5. The summed E-state index contributed by atoms with van der Waals surface area (Å²) < 4.78 is 5.43. The topological polar surface area (TPSA) is 61.7 Å². The molecule has 148 valence electrons. The van der Waals surface area contributed by atoms with Gasteiger partial charge in [0.25, 0.3) is 0 Å². The summed E-state index contributed by atoms with van der Waals surface area (Å²) in [7, 11) is 3.35. The third-order valence-corrected chi connectivity index (χ3v) is 6.43. The van der Waals surface area contributed by atoms with E-state index in [1.54, 1.807) is 13.2 Å². The van der Waals surface area contributed by atoms with Gasteiger partial charge in [-0.1, -0.05) is 11.6 Å². The first kappa shape index (κ1) is 19.5. The highest BCUT2D eigenvalue weighted by atomic mass is 35.5. The van der Waals surface area contributed by atoms with Crippen molar-refractivity contribution < 1.29 is 9.76 Å². The minimum atomic E-state index is -0.364. The molecular weight excluding hydrogens is 375 g/mol. The van der Waals surface area contributed by atoms with Crippen molar-refractivity contribution in [1.29, 1.82) is 0 Å². The highest BCUT2D eigenvalue weighted by molar-refractivity contribution is 6.45. The highest BCUT2D eigenvalue weighted by Crippen LogP contribution is 2.38. The third kappa shape index (κ3) is 3.59. The summed E-state index contributed by atoms with van der Waals surface area (Å²) >= 11 is 6.05. The van der Waals surface area contributed by atoms with Crippen molar-refractivity contribution in [3.05, 3.63) is 35.4 Å². The molecule has 2 saturated heterocycles. The second kappa shape index (κ2) is 7.89. The van der Waals surface area contributed by atoms with Gasteiger partial charge in [-0.25, -0.2) is 0 Å². The molecule has 2 fully saturated rings.